The molecule has 0 bridgehead atoms. The molecule has 0 fully saturated rings. The van der Waals surface area contributed by atoms with Crippen LogP contribution in [0.4, 0.5) is 5.69 Å². The first-order valence-corrected chi connectivity index (χ1v) is 9.28. The van der Waals surface area contributed by atoms with Crippen LogP contribution in [0.2, 0.25) is 0 Å². The fourth-order valence-electron chi connectivity index (χ4n) is 2.66. The number of halogens is 1. The van der Waals surface area contributed by atoms with E-state index in [1.54, 1.807) is 0 Å². The van der Waals surface area contributed by atoms with Gasteiger partial charge in [0.2, 0.25) is 0 Å². The van der Waals surface area contributed by atoms with Crippen molar-refractivity contribution >= 4 is 39.5 Å². The van der Waals surface area contributed by atoms with Crippen molar-refractivity contribution in [3.63, 3.8) is 0 Å². The van der Waals surface area contributed by atoms with Crippen molar-refractivity contribution in [3.05, 3.63) is 52.0 Å². The van der Waals surface area contributed by atoms with E-state index in [1.165, 1.54) is 19.1 Å². The molecule has 1 N–H and O–H groups in total. The van der Waals surface area contributed by atoms with Crippen LogP contribution in [0, 0.1) is 0 Å². The summed E-state index contributed by atoms with van der Waals surface area (Å²) in [4.78, 5) is 13.4. The van der Waals surface area contributed by atoms with E-state index in [1.807, 2.05) is 36.4 Å². The maximum absolute atomic E-state index is 12.3. The number of esters is 1. The molecule has 0 aromatic heterocycles. The van der Waals surface area contributed by atoms with Gasteiger partial charge in [-0.05, 0) is 64.0 Å². The van der Waals surface area contributed by atoms with Crippen molar-refractivity contribution in [3.8, 4) is 5.75 Å². The summed E-state index contributed by atoms with van der Waals surface area (Å²) >= 11 is 4.96. The van der Waals surface area contributed by atoms with Crippen molar-refractivity contribution < 1.29 is 14.3 Å². The summed E-state index contributed by atoms with van der Waals surface area (Å²) in [6.07, 6.45) is 0.950. The summed E-state index contributed by atoms with van der Waals surface area (Å²) < 4.78 is 15.0. The lowest BCUT2D eigenvalue weighted by Gasteiger charge is -2.26. The molecular formula is C18H18BrNO3S. The SMILES string of the molecule is COC(=O)c1c(NSc2ccccc2Br)ccc2c1OCCC2C. The van der Waals surface area contributed by atoms with E-state index in [-0.39, 0.29) is 0 Å². The van der Waals surface area contributed by atoms with E-state index in [0.29, 0.717) is 29.5 Å². The number of benzene rings is 2. The second-order valence-corrected chi connectivity index (χ2v) is 7.27. The summed E-state index contributed by atoms with van der Waals surface area (Å²) in [6.45, 7) is 2.75. The molecule has 2 aromatic carbocycles. The zero-order valence-electron chi connectivity index (χ0n) is 13.5. The molecule has 4 nitrogen and oxygen atoms in total. The second-order valence-electron chi connectivity index (χ2n) is 5.57. The maximum Gasteiger partial charge on any atom is 0.343 e. The van der Waals surface area contributed by atoms with Gasteiger partial charge in [-0.25, -0.2) is 4.79 Å². The van der Waals surface area contributed by atoms with Gasteiger partial charge in [-0.1, -0.05) is 25.1 Å². The monoisotopic (exact) mass is 407 g/mol. The van der Waals surface area contributed by atoms with E-state index in [4.69, 9.17) is 9.47 Å². The van der Waals surface area contributed by atoms with Crippen LogP contribution in [0.3, 0.4) is 0 Å². The molecule has 2 aromatic rings. The molecule has 1 aliphatic heterocycles. The van der Waals surface area contributed by atoms with Gasteiger partial charge in [-0.2, -0.15) is 0 Å². The number of methoxy groups -OCH3 is 1. The third kappa shape index (κ3) is 3.39. The standard InChI is InChI=1S/C18H18BrNO3S/c1-11-9-10-23-17-12(11)7-8-14(16(17)18(21)22-2)20-24-15-6-4-3-5-13(15)19/h3-8,11,20H,9-10H2,1-2H3. The van der Waals surface area contributed by atoms with Crippen LogP contribution in [0.15, 0.2) is 45.8 Å². The zero-order valence-corrected chi connectivity index (χ0v) is 15.9. The molecule has 24 heavy (non-hydrogen) atoms. The maximum atomic E-state index is 12.3. The van der Waals surface area contributed by atoms with Crippen molar-refractivity contribution in [2.24, 2.45) is 0 Å². The lowest BCUT2D eigenvalue weighted by Crippen LogP contribution is -2.17. The van der Waals surface area contributed by atoms with Gasteiger partial charge in [0.05, 0.1) is 19.4 Å². The van der Waals surface area contributed by atoms with E-state index in [9.17, 15) is 4.79 Å². The summed E-state index contributed by atoms with van der Waals surface area (Å²) in [6, 6.07) is 11.8. The van der Waals surface area contributed by atoms with Gasteiger partial charge in [0.1, 0.15) is 11.3 Å². The molecule has 0 amide bonds. The van der Waals surface area contributed by atoms with Crippen LogP contribution < -0.4 is 9.46 Å². The molecule has 3 rings (SSSR count). The smallest absolute Gasteiger partial charge is 0.343 e. The lowest BCUT2D eigenvalue weighted by atomic mass is 9.92. The summed E-state index contributed by atoms with van der Waals surface area (Å²) in [5, 5.41) is 0. The van der Waals surface area contributed by atoms with Gasteiger partial charge < -0.3 is 14.2 Å². The molecule has 1 atom stereocenters. The Morgan fingerprint density at radius 1 is 1.33 bits per heavy atom. The minimum atomic E-state index is -0.392. The van der Waals surface area contributed by atoms with Crippen LogP contribution >= 0.6 is 27.9 Å². The third-order valence-corrected chi connectivity index (χ3v) is 5.87. The Morgan fingerprint density at radius 3 is 2.88 bits per heavy atom. The Bertz CT molecular complexity index is 766. The minimum Gasteiger partial charge on any atom is -0.492 e. The van der Waals surface area contributed by atoms with Crippen LogP contribution in [0.25, 0.3) is 0 Å². The topological polar surface area (TPSA) is 47.6 Å². The number of hydrogen-bond acceptors (Lipinski definition) is 5. The molecule has 1 unspecified atom stereocenters. The van der Waals surface area contributed by atoms with Gasteiger partial charge in [0.25, 0.3) is 0 Å². The van der Waals surface area contributed by atoms with Crippen molar-refractivity contribution in [2.75, 3.05) is 18.4 Å². The normalized spacial score (nSPS) is 16.0. The van der Waals surface area contributed by atoms with Gasteiger partial charge in [-0.15, -0.1) is 0 Å². The fraction of sp³-hybridized carbons (Fsp3) is 0.278. The largest absolute Gasteiger partial charge is 0.492 e. The highest BCUT2D eigenvalue weighted by Gasteiger charge is 2.27. The number of hydrogen-bond donors (Lipinski definition) is 1. The zero-order chi connectivity index (χ0) is 17.1. The van der Waals surface area contributed by atoms with Crippen LogP contribution in [-0.2, 0) is 4.74 Å². The summed E-state index contributed by atoms with van der Waals surface area (Å²) in [5.74, 6) is 0.608. The summed E-state index contributed by atoms with van der Waals surface area (Å²) in [7, 11) is 1.39. The quantitative estimate of drug-likeness (QED) is 0.554. The van der Waals surface area contributed by atoms with Crippen LogP contribution in [-0.4, -0.2) is 19.7 Å². The fourth-order valence-corrected chi connectivity index (χ4v) is 3.89. The van der Waals surface area contributed by atoms with Crippen LogP contribution in [0.1, 0.15) is 35.2 Å². The highest BCUT2D eigenvalue weighted by Crippen LogP contribution is 2.41. The van der Waals surface area contributed by atoms with Gasteiger partial charge >= 0.3 is 5.97 Å². The molecule has 0 saturated carbocycles. The average molecular weight is 408 g/mol. The Hall–Kier alpha value is -1.66. The number of rotatable bonds is 4. The molecule has 0 aliphatic carbocycles. The van der Waals surface area contributed by atoms with Crippen molar-refractivity contribution in [1.82, 2.24) is 0 Å². The van der Waals surface area contributed by atoms with E-state index < -0.39 is 5.97 Å². The third-order valence-electron chi connectivity index (χ3n) is 4.01. The number of nitrogens with one attached hydrogen (secondary N) is 1. The first kappa shape index (κ1) is 17.2. The predicted molar refractivity (Wildman–Crippen MR) is 99.9 cm³/mol. The molecule has 1 heterocycles. The molecular weight excluding hydrogens is 390 g/mol. The summed E-state index contributed by atoms with van der Waals surface area (Å²) in [5.41, 5.74) is 2.20. The number of carbonyl (C=O) groups is 1. The number of fused-ring (bicyclic) bond motifs is 1. The predicted octanol–water partition coefficient (Wildman–Crippen LogP) is 5.24. The Balaban J connectivity index is 1.95. The Kier molecular flexibility index (Phi) is 5.36. The van der Waals surface area contributed by atoms with Gasteiger partial charge in [0, 0.05) is 9.37 Å². The van der Waals surface area contributed by atoms with E-state index in [2.05, 4.69) is 27.6 Å². The van der Waals surface area contributed by atoms with Gasteiger partial charge in [0.15, 0.2) is 0 Å². The lowest BCUT2D eigenvalue weighted by molar-refractivity contribution is 0.0596. The van der Waals surface area contributed by atoms with E-state index in [0.717, 1.165) is 21.4 Å². The Morgan fingerprint density at radius 2 is 2.12 bits per heavy atom. The highest BCUT2D eigenvalue weighted by molar-refractivity contribution is 9.10. The molecule has 126 valence electrons. The molecule has 0 radical (unpaired) electrons. The molecule has 1 aliphatic rings. The van der Waals surface area contributed by atoms with Gasteiger partial charge in [-0.3, -0.25) is 0 Å². The highest BCUT2D eigenvalue weighted by atomic mass is 79.9. The Labute approximate surface area is 154 Å². The average Bonchev–Trinajstić information content (AvgIpc) is 2.60. The first-order valence-electron chi connectivity index (χ1n) is 7.67. The molecule has 0 spiro atoms. The van der Waals surface area contributed by atoms with Crippen molar-refractivity contribution in [1.29, 1.82) is 0 Å². The molecule has 6 heteroatoms. The van der Waals surface area contributed by atoms with E-state index >= 15 is 0 Å². The first-order chi connectivity index (χ1) is 11.6. The number of ether oxygens (including phenoxy) is 2. The number of anilines is 1. The van der Waals surface area contributed by atoms with Crippen LogP contribution in [0.5, 0.6) is 5.75 Å². The number of carbonyl (C=O) groups excluding carboxylic acids is 1. The molecule has 0 saturated heterocycles. The minimum absolute atomic E-state index is 0.363. The van der Waals surface area contributed by atoms with Crippen molar-refractivity contribution in [2.45, 2.75) is 24.2 Å². The second kappa shape index (κ2) is 7.49.